The number of hydrogen-bond donors (Lipinski definition) is 2. The Labute approximate surface area is 104 Å². The third kappa shape index (κ3) is 2.14. The SMILES string of the molecule is Cc1ccc(C(NN)c2c(F)ccc(C)c2F)o1. The number of nitrogens with two attached hydrogens (primary N) is 1. The van der Waals surface area contributed by atoms with Gasteiger partial charge in [0.05, 0.1) is 0 Å². The number of aryl methyl sites for hydroxylation is 2. The molecule has 0 aliphatic heterocycles. The zero-order valence-electron chi connectivity index (χ0n) is 10.1. The molecule has 1 unspecified atom stereocenters. The van der Waals surface area contributed by atoms with Gasteiger partial charge in [-0.1, -0.05) is 6.07 Å². The van der Waals surface area contributed by atoms with Gasteiger partial charge in [0.15, 0.2) is 0 Å². The number of halogens is 2. The fourth-order valence-electron chi connectivity index (χ4n) is 1.86. The molecular weight excluding hydrogens is 238 g/mol. The largest absolute Gasteiger partial charge is 0.464 e. The van der Waals surface area contributed by atoms with Crippen molar-refractivity contribution in [2.75, 3.05) is 0 Å². The summed E-state index contributed by atoms with van der Waals surface area (Å²) < 4.78 is 33.2. The average Bonchev–Trinajstić information content (AvgIpc) is 2.76. The summed E-state index contributed by atoms with van der Waals surface area (Å²) in [7, 11) is 0. The van der Waals surface area contributed by atoms with Gasteiger partial charge >= 0.3 is 0 Å². The summed E-state index contributed by atoms with van der Waals surface area (Å²) in [6.07, 6.45) is 0. The smallest absolute Gasteiger partial charge is 0.134 e. The summed E-state index contributed by atoms with van der Waals surface area (Å²) in [6, 6.07) is 5.11. The molecule has 2 rings (SSSR count). The summed E-state index contributed by atoms with van der Waals surface area (Å²) in [5.41, 5.74) is 2.61. The Morgan fingerprint density at radius 2 is 1.89 bits per heavy atom. The number of rotatable bonds is 3. The van der Waals surface area contributed by atoms with Crippen LogP contribution in [0.3, 0.4) is 0 Å². The second kappa shape index (κ2) is 4.88. The van der Waals surface area contributed by atoms with Gasteiger partial charge in [-0.3, -0.25) is 5.84 Å². The molecule has 0 saturated carbocycles. The maximum absolute atomic E-state index is 14.0. The van der Waals surface area contributed by atoms with E-state index in [1.165, 1.54) is 12.1 Å². The Morgan fingerprint density at radius 1 is 1.17 bits per heavy atom. The molecule has 3 N–H and O–H groups in total. The van der Waals surface area contributed by atoms with Crippen LogP contribution >= 0.6 is 0 Å². The van der Waals surface area contributed by atoms with Crippen molar-refractivity contribution in [2.45, 2.75) is 19.9 Å². The molecule has 3 nitrogen and oxygen atoms in total. The quantitative estimate of drug-likeness (QED) is 0.652. The molecule has 1 atom stereocenters. The van der Waals surface area contributed by atoms with E-state index in [9.17, 15) is 8.78 Å². The second-order valence-corrected chi connectivity index (χ2v) is 4.14. The van der Waals surface area contributed by atoms with Crippen LogP contribution in [0, 0.1) is 25.5 Å². The van der Waals surface area contributed by atoms with Crippen molar-refractivity contribution in [3.8, 4) is 0 Å². The van der Waals surface area contributed by atoms with Gasteiger partial charge in [0.1, 0.15) is 29.2 Å². The summed E-state index contributed by atoms with van der Waals surface area (Å²) in [5, 5.41) is 0. The van der Waals surface area contributed by atoms with E-state index in [2.05, 4.69) is 5.43 Å². The predicted octanol–water partition coefficient (Wildman–Crippen LogP) is 2.73. The van der Waals surface area contributed by atoms with Crippen LogP contribution in [-0.4, -0.2) is 0 Å². The zero-order chi connectivity index (χ0) is 13.3. The molecule has 0 aliphatic rings. The molecule has 1 heterocycles. The van der Waals surface area contributed by atoms with E-state index in [0.29, 0.717) is 17.1 Å². The van der Waals surface area contributed by atoms with Crippen molar-refractivity contribution >= 4 is 0 Å². The molecule has 0 bridgehead atoms. The van der Waals surface area contributed by atoms with Crippen molar-refractivity contribution in [1.29, 1.82) is 0 Å². The molecular formula is C13H14F2N2O. The van der Waals surface area contributed by atoms with E-state index < -0.39 is 17.7 Å². The van der Waals surface area contributed by atoms with Crippen molar-refractivity contribution < 1.29 is 13.2 Å². The first-order chi connectivity index (χ1) is 8.54. The normalized spacial score (nSPS) is 12.7. The fourth-order valence-corrected chi connectivity index (χ4v) is 1.86. The highest BCUT2D eigenvalue weighted by atomic mass is 19.1. The zero-order valence-corrected chi connectivity index (χ0v) is 10.1. The lowest BCUT2D eigenvalue weighted by Crippen LogP contribution is -2.30. The van der Waals surface area contributed by atoms with Crippen molar-refractivity contribution in [2.24, 2.45) is 5.84 Å². The lowest BCUT2D eigenvalue weighted by molar-refractivity contribution is 0.414. The van der Waals surface area contributed by atoms with Crippen LogP contribution in [0.1, 0.15) is 28.7 Å². The molecule has 18 heavy (non-hydrogen) atoms. The van der Waals surface area contributed by atoms with Crippen molar-refractivity contribution in [1.82, 2.24) is 5.43 Å². The highest BCUT2D eigenvalue weighted by Crippen LogP contribution is 2.28. The van der Waals surface area contributed by atoms with Crippen LogP contribution in [-0.2, 0) is 0 Å². The van der Waals surface area contributed by atoms with Gasteiger partial charge in [-0.25, -0.2) is 14.2 Å². The first kappa shape index (κ1) is 12.7. The molecule has 0 spiro atoms. The van der Waals surface area contributed by atoms with Gasteiger partial charge in [0, 0.05) is 5.56 Å². The molecule has 2 aromatic rings. The van der Waals surface area contributed by atoms with E-state index in [0.717, 1.165) is 0 Å². The Morgan fingerprint density at radius 3 is 2.44 bits per heavy atom. The van der Waals surface area contributed by atoms with Gasteiger partial charge < -0.3 is 4.42 Å². The lowest BCUT2D eigenvalue weighted by Gasteiger charge is -2.16. The Balaban J connectivity index is 2.55. The maximum atomic E-state index is 14.0. The Bertz CT molecular complexity index is 566. The molecule has 96 valence electrons. The topological polar surface area (TPSA) is 51.2 Å². The molecule has 5 heteroatoms. The van der Waals surface area contributed by atoms with Gasteiger partial charge in [0.25, 0.3) is 0 Å². The van der Waals surface area contributed by atoms with Gasteiger partial charge in [-0.2, -0.15) is 0 Å². The van der Waals surface area contributed by atoms with Crippen LogP contribution in [0.5, 0.6) is 0 Å². The molecule has 1 aromatic carbocycles. The number of hydrazine groups is 1. The van der Waals surface area contributed by atoms with E-state index in [1.54, 1.807) is 26.0 Å². The minimum atomic E-state index is -0.849. The second-order valence-electron chi connectivity index (χ2n) is 4.14. The first-order valence-corrected chi connectivity index (χ1v) is 5.51. The van der Waals surface area contributed by atoms with Crippen molar-refractivity contribution in [3.05, 3.63) is 58.5 Å². The molecule has 0 saturated heterocycles. The standard InChI is InChI=1S/C13H14F2N2O/c1-7-3-5-9(14)11(12(7)15)13(17-16)10-6-4-8(2)18-10/h3-6,13,17H,16H2,1-2H3. The first-order valence-electron chi connectivity index (χ1n) is 5.51. The third-order valence-electron chi connectivity index (χ3n) is 2.82. The number of hydrogen-bond acceptors (Lipinski definition) is 3. The van der Waals surface area contributed by atoms with E-state index >= 15 is 0 Å². The molecule has 0 amide bonds. The van der Waals surface area contributed by atoms with Crippen LogP contribution in [0.2, 0.25) is 0 Å². The third-order valence-corrected chi connectivity index (χ3v) is 2.82. The van der Waals surface area contributed by atoms with Crippen LogP contribution in [0.15, 0.2) is 28.7 Å². The average molecular weight is 252 g/mol. The van der Waals surface area contributed by atoms with E-state index in [4.69, 9.17) is 10.3 Å². The molecule has 0 aliphatic carbocycles. The molecule has 1 aromatic heterocycles. The molecule has 0 radical (unpaired) electrons. The highest BCUT2D eigenvalue weighted by Gasteiger charge is 2.24. The summed E-state index contributed by atoms with van der Waals surface area (Å²) in [5.74, 6) is 5.14. The number of benzene rings is 1. The van der Waals surface area contributed by atoms with Gasteiger partial charge in [-0.15, -0.1) is 0 Å². The van der Waals surface area contributed by atoms with Crippen LogP contribution in [0.25, 0.3) is 0 Å². The van der Waals surface area contributed by atoms with Crippen molar-refractivity contribution in [3.63, 3.8) is 0 Å². The highest BCUT2D eigenvalue weighted by molar-refractivity contribution is 5.33. The fraction of sp³-hybridized carbons (Fsp3) is 0.231. The predicted molar refractivity (Wildman–Crippen MR) is 63.7 cm³/mol. The lowest BCUT2D eigenvalue weighted by atomic mass is 10.0. The van der Waals surface area contributed by atoms with Crippen LogP contribution < -0.4 is 11.3 Å². The summed E-state index contributed by atoms with van der Waals surface area (Å²) in [6.45, 7) is 3.32. The van der Waals surface area contributed by atoms with Crippen LogP contribution in [0.4, 0.5) is 8.78 Å². The van der Waals surface area contributed by atoms with E-state index in [-0.39, 0.29) is 5.56 Å². The Hall–Kier alpha value is -1.72. The minimum Gasteiger partial charge on any atom is -0.464 e. The number of nitrogens with one attached hydrogen (secondary N) is 1. The van der Waals surface area contributed by atoms with Gasteiger partial charge in [-0.05, 0) is 37.6 Å². The summed E-state index contributed by atoms with van der Waals surface area (Å²) >= 11 is 0. The monoisotopic (exact) mass is 252 g/mol. The Kier molecular flexibility index (Phi) is 3.45. The summed E-state index contributed by atoms with van der Waals surface area (Å²) in [4.78, 5) is 0. The van der Waals surface area contributed by atoms with Gasteiger partial charge in [0.2, 0.25) is 0 Å². The number of furan rings is 1. The maximum Gasteiger partial charge on any atom is 0.134 e. The van der Waals surface area contributed by atoms with E-state index in [1.807, 2.05) is 0 Å². The minimum absolute atomic E-state index is 0.133. The molecule has 0 fully saturated rings.